The van der Waals surface area contributed by atoms with Crippen molar-refractivity contribution in [1.82, 2.24) is 5.32 Å². The Morgan fingerprint density at radius 2 is 2.11 bits per heavy atom. The van der Waals surface area contributed by atoms with Crippen molar-refractivity contribution < 1.29 is 15.0 Å². The van der Waals surface area contributed by atoms with Crippen LogP contribution in [0.25, 0.3) is 0 Å². The summed E-state index contributed by atoms with van der Waals surface area (Å²) in [5, 5.41) is 22.6. The summed E-state index contributed by atoms with van der Waals surface area (Å²) >= 11 is 1.31. The van der Waals surface area contributed by atoms with E-state index in [1.54, 1.807) is 6.07 Å². The van der Waals surface area contributed by atoms with E-state index in [1.807, 2.05) is 6.92 Å². The Hall–Kier alpha value is -0.910. The average molecular weight is 283 g/mol. The highest BCUT2D eigenvalue weighted by Gasteiger charge is 2.28. The van der Waals surface area contributed by atoms with Gasteiger partial charge in [0, 0.05) is 18.0 Å². The summed E-state index contributed by atoms with van der Waals surface area (Å²) in [7, 11) is 0. The van der Waals surface area contributed by atoms with Gasteiger partial charge in [-0.1, -0.05) is 19.3 Å². The standard InChI is InChI=1S/C14H21NO3S/c1-10-11(7-12(19-10)13(16)17)8-15-9-14(18)5-3-2-4-6-14/h7,15,18H,2-6,8-9H2,1H3,(H,16,17). The second kappa shape index (κ2) is 6.03. The average Bonchev–Trinajstić information content (AvgIpc) is 2.72. The van der Waals surface area contributed by atoms with Crippen molar-refractivity contribution in [3.8, 4) is 0 Å². The summed E-state index contributed by atoms with van der Waals surface area (Å²) in [6, 6.07) is 1.72. The molecule has 106 valence electrons. The number of hydrogen-bond donors (Lipinski definition) is 3. The van der Waals surface area contributed by atoms with Crippen LogP contribution < -0.4 is 5.32 Å². The first-order valence-corrected chi connectivity index (χ1v) is 7.57. The normalized spacial score (nSPS) is 18.4. The molecule has 0 spiro atoms. The highest BCUT2D eigenvalue weighted by Crippen LogP contribution is 2.27. The van der Waals surface area contributed by atoms with E-state index in [2.05, 4.69) is 5.32 Å². The van der Waals surface area contributed by atoms with E-state index in [0.717, 1.165) is 36.1 Å². The number of aromatic carboxylic acids is 1. The Morgan fingerprint density at radius 3 is 2.68 bits per heavy atom. The Balaban J connectivity index is 1.87. The van der Waals surface area contributed by atoms with Crippen molar-refractivity contribution in [2.75, 3.05) is 6.54 Å². The zero-order valence-electron chi connectivity index (χ0n) is 11.2. The number of carboxylic acid groups (broad SMARTS) is 1. The molecule has 1 aliphatic rings. The van der Waals surface area contributed by atoms with Gasteiger partial charge in [-0.05, 0) is 31.4 Å². The predicted octanol–water partition coefficient (Wildman–Crippen LogP) is 2.54. The minimum absolute atomic E-state index is 0.380. The number of carboxylic acids is 1. The molecule has 0 aromatic carbocycles. The molecule has 0 unspecified atom stereocenters. The molecule has 3 N–H and O–H groups in total. The van der Waals surface area contributed by atoms with E-state index in [4.69, 9.17) is 5.11 Å². The molecule has 0 atom stereocenters. The monoisotopic (exact) mass is 283 g/mol. The van der Waals surface area contributed by atoms with Gasteiger partial charge in [-0.3, -0.25) is 0 Å². The second-order valence-electron chi connectivity index (χ2n) is 5.39. The Morgan fingerprint density at radius 1 is 1.42 bits per heavy atom. The van der Waals surface area contributed by atoms with Crippen LogP contribution >= 0.6 is 11.3 Å². The van der Waals surface area contributed by atoms with Gasteiger partial charge in [-0.15, -0.1) is 11.3 Å². The van der Waals surface area contributed by atoms with Crippen molar-refractivity contribution >= 4 is 17.3 Å². The Bertz CT molecular complexity index is 450. The second-order valence-corrected chi connectivity index (χ2v) is 6.64. The number of rotatable bonds is 5. The van der Waals surface area contributed by atoms with E-state index in [1.165, 1.54) is 17.8 Å². The Kier molecular flexibility index (Phi) is 4.60. The van der Waals surface area contributed by atoms with Crippen LogP contribution in [0, 0.1) is 6.92 Å². The van der Waals surface area contributed by atoms with Crippen LogP contribution in [0.5, 0.6) is 0 Å². The summed E-state index contributed by atoms with van der Waals surface area (Å²) in [5.74, 6) is -0.870. The zero-order chi connectivity index (χ0) is 13.9. The lowest BCUT2D eigenvalue weighted by atomic mass is 9.85. The summed E-state index contributed by atoms with van der Waals surface area (Å²) in [6.45, 7) is 3.14. The van der Waals surface area contributed by atoms with E-state index in [0.29, 0.717) is 18.0 Å². The van der Waals surface area contributed by atoms with Gasteiger partial charge < -0.3 is 15.5 Å². The molecule has 19 heavy (non-hydrogen) atoms. The van der Waals surface area contributed by atoms with Crippen molar-refractivity contribution in [3.63, 3.8) is 0 Å². The van der Waals surface area contributed by atoms with Crippen LogP contribution in [0.3, 0.4) is 0 Å². The van der Waals surface area contributed by atoms with Crippen LogP contribution in [-0.4, -0.2) is 28.3 Å². The smallest absolute Gasteiger partial charge is 0.345 e. The summed E-state index contributed by atoms with van der Waals surface area (Å²) in [6.07, 6.45) is 5.14. The highest BCUT2D eigenvalue weighted by atomic mass is 32.1. The number of thiophene rings is 1. The number of hydrogen-bond acceptors (Lipinski definition) is 4. The van der Waals surface area contributed by atoms with Gasteiger partial charge in [0.15, 0.2) is 0 Å². The fourth-order valence-corrected chi connectivity index (χ4v) is 3.50. The molecular weight excluding hydrogens is 262 g/mol. The van der Waals surface area contributed by atoms with Gasteiger partial charge in [-0.25, -0.2) is 4.79 Å². The van der Waals surface area contributed by atoms with Crippen molar-refractivity contribution in [1.29, 1.82) is 0 Å². The molecule has 1 aromatic heterocycles. The molecule has 1 fully saturated rings. The fourth-order valence-electron chi connectivity index (χ4n) is 2.62. The van der Waals surface area contributed by atoms with Crippen LogP contribution in [-0.2, 0) is 6.54 Å². The lowest BCUT2D eigenvalue weighted by Crippen LogP contribution is -2.41. The van der Waals surface area contributed by atoms with Crippen LogP contribution in [0.2, 0.25) is 0 Å². The van der Waals surface area contributed by atoms with Gasteiger partial charge in [0.1, 0.15) is 4.88 Å². The highest BCUT2D eigenvalue weighted by molar-refractivity contribution is 7.14. The molecule has 0 amide bonds. The SMILES string of the molecule is Cc1sc(C(=O)O)cc1CNCC1(O)CCCCC1. The van der Waals surface area contributed by atoms with Gasteiger partial charge in [0.25, 0.3) is 0 Å². The first-order valence-electron chi connectivity index (χ1n) is 6.76. The predicted molar refractivity (Wildman–Crippen MR) is 75.8 cm³/mol. The van der Waals surface area contributed by atoms with Crippen molar-refractivity contribution in [3.05, 3.63) is 21.4 Å². The lowest BCUT2D eigenvalue weighted by Gasteiger charge is -2.32. The molecule has 2 rings (SSSR count). The molecule has 4 nitrogen and oxygen atoms in total. The maximum absolute atomic E-state index is 10.9. The molecule has 0 bridgehead atoms. The maximum atomic E-state index is 10.9. The van der Waals surface area contributed by atoms with Crippen LogP contribution in [0.1, 0.15) is 52.2 Å². The number of nitrogens with one attached hydrogen (secondary N) is 1. The van der Waals surface area contributed by atoms with E-state index in [-0.39, 0.29) is 0 Å². The third-order valence-electron chi connectivity index (χ3n) is 3.79. The zero-order valence-corrected chi connectivity index (χ0v) is 12.1. The summed E-state index contributed by atoms with van der Waals surface area (Å²) in [4.78, 5) is 12.3. The first-order chi connectivity index (χ1) is 9.00. The molecule has 1 saturated carbocycles. The van der Waals surface area contributed by atoms with E-state index >= 15 is 0 Å². The summed E-state index contributed by atoms with van der Waals surface area (Å²) in [5.41, 5.74) is 0.444. The third-order valence-corrected chi connectivity index (χ3v) is 4.87. The molecule has 1 aromatic rings. The molecule has 0 saturated heterocycles. The first kappa shape index (κ1) is 14.5. The van der Waals surface area contributed by atoms with Crippen molar-refractivity contribution in [2.24, 2.45) is 0 Å². The minimum atomic E-state index is -0.870. The third kappa shape index (κ3) is 3.78. The fraction of sp³-hybridized carbons (Fsp3) is 0.643. The van der Waals surface area contributed by atoms with Gasteiger partial charge in [0.05, 0.1) is 5.60 Å². The minimum Gasteiger partial charge on any atom is -0.477 e. The maximum Gasteiger partial charge on any atom is 0.345 e. The molecule has 0 radical (unpaired) electrons. The quantitative estimate of drug-likeness (QED) is 0.776. The van der Waals surface area contributed by atoms with Crippen LogP contribution in [0.15, 0.2) is 6.07 Å². The Labute approximate surface area is 117 Å². The molecule has 5 heteroatoms. The number of aryl methyl sites for hydroxylation is 1. The van der Waals surface area contributed by atoms with Crippen LogP contribution in [0.4, 0.5) is 0 Å². The van der Waals surface area contributed by atoms with E-state index < -0.39 is 11.6 Å². The van der Waals surface area contributed by atoms with Gasteiger partial charge >= 0.3 is 5.97 Å². The lowest BCUT2D eigenvalue weighted by molar-refractivity contribution is 0.00466. The largest absolute Gasteiger partial charge is 0.477 e. The molecule has 1 aliphatic carbocycles. The number of carbonyl (C=O) groups is 1. The topological polar surface area (TPSA) is 69.6 Å². The van der Waals surface area contributed by atoms with Gasteiger partial charge in [0.2, 0.25) is 0 Å². The van der Waals surface area contributed by atoms with E-state index in [9.17, 15) is 9.90 Å². The molecule has 0 aliphatic heterocycles. The van der Waals surface area contributed by atoms with Gasteiger partial charge in [-0.2, -0.15) is 0 Å². The number of aliphatic hydroxyl groups is 1. The van der Waals surface area contributed by atoms with Crippen molar-refractivity contribution in [2.45, 2.75) is 51.2 Å². The molecular formula is C14H21NO3S. The molecule has 1 heterocycles. The summed E-state index contributed by atoms with van der Waals surface area (Å²) < 4.78 is 0.